The van der Waals surface area contributed by atoms with E-state index in [4.69, 9.17) is 5.73 Å². The smallest absolute Gasteiger partial charge is 0.132 e. The minimum absolute atomic E-state index is 0.339. The highest BCUT2D eigenvalue weighted by atomic mass is 79.9. The number of phenolic OH excluding ortho intramolecular Hbond substituents is 1. The SMILES string of the molecule is Cc1ccc(C(C)CCN)c(Br)c1O. The normalized spacial score (nSPS) is 12.9. The van der Waals surface area contributed by atoms with Crippen LogP contribution >= 0.6 is 15.9 Å². The molecule has 0 bridgehead atoms. The van der Waals surface area contributed by atoms with Gasteiger partial charge in [-0.1, -0.05) is 19.1 Å². The molecule has 0 aliphatic rings. The average molecular weight is 258 g/mol. The van der Waals surface area contributed by atoms with E-state index in [9.17, 15) is 5.11 Å². The van der Waals surface area contributed by atoms with E-state index in [1.54, 1.807) is 0 Å². The van der Waals surface area contributed by atoms with Crippen molar-refractivity contribution in [2.45, 2.75) is 26.2 Å². The maximum absolute atomic E-state index is 9.73. The lowest BCUT2D eigenvalue weighted by Gasteiger charge is -2.14. The van der Waals surface area contributed by atoms with Gasteiger partial charge in [-0.05, 0) is 52.9 Å². The minimum Gasteiger partial charge on any atom is -0.506 e. The molecule has 1 unspecified atom stereocenters. The standard InChI is InChI=1S/C11H16BrNO/c1-7(5-6-13)9-4-3-8(2)11(14)10(9)12/h3-4,7,14H,5-6,13H2,1-2H3. The van der Waals surface area contributed by atoms with Gasteiger partial charge in [0, 0.05) is 0 Å². The van der Waals surface area contributed by atoms with E-state index in [1.807, 2.05) is 19.1 Å². The molecule has 0 aromatic heterocycles. The van der Waals surface area contributed by atoms with Gasteiger partial charge in [-0.15, -0.1) is 0 Å². The predicted octanol–water partition coefficient (Wildman–Crippen LogP) is 2.92. The highest BCUT2D eigenvalue weighted by Gasteiger charge is 2.12. The van der Waals surface area contributed by atoms with E-state index in [-0.39, 0.29) is 0 Å². The number of halogens is 1. The van der Waals surface area contributed by atoms with Crippen LogP contribution < -0.4 is 5.73 Å². The fourth-order valence-electron chi connectivity index (χ4n) is 1.46. The van der Waals surface area contributed by atoms with Gasteiger partial charge >= 0.3 is 0 Å². The van der Waals surface area contributed by atoms with Crippen molar-refractivity contribution in [2.24, 2.45) is 5.73 Å². The molecule has 0 fully saturated rings. The summed E-state index contributed by atoms with van der Waals surface area (Å²) < 4.78 is 0.804. The van der Waals surface area contributed by atoms with Gasteiger partial charge in [-0.25, -0.2) is 0 Å². The third-order valence-electron chi connectivity index (χ3n) is 2.48. The number of hydrogen-bond acceptors (Lipinski definition) is 2. The highest BCUT2D eigenvalue weighted by molar-refractivity contribution is 9.10. The van der Waals surface area contributed by atoms with Crippen molar-refractivity contribution >= 4 is 15.9 Å². The van der Waals surface area contributed by atoms with Crippen molar-refractivity contribution in [1.82, 2.24) is 0 Å². The van der Waals surface area contributed by atoms with Crippen molar-refractivity contribution in [2.75, 3.05) is 6.54 Å². The first kappa shape index (κ1) is 11.5. The largest absolute Gasteiger partial charge is 0.506 e. The molecule has 0 amide bonds. The number of aromatic hydroxyl groups is 1. The Hall–Kier alpha value is -0.540. The summed E-state index contributed by atoms with van der Waals surface area (Å²) in [5.74, 6) is 0.715. The number of aryl methyl sites for hydroxylation is 1. The quantitative estimate of drug-likeness (QED) is 0.875. The molecule has 0 radical (unpaired) electrons. The van der Waals surface area contributed by atoms with Gasteiger partial charge in [-0.3, -0.25) is 0 Å². The molecule has 3 heteroatoms. The van der Waals surface area contributed by atoms with Gasteiger partial charge in [0.2, 0.25) is 0 Å². The van der Waals surface area contributed by atoms with Crippen LogP contribution in [0, 0.1) is 6.92 Å². The summed E-state index contributed by atoms with van der Waals surface area (Å²) >= 11 is 3.41. The summed E-state index contributed by atoms with van der Waals surface area (Å²) in [5, 5.41) is 9.73. The molecule has 0 aliphatic carbocycles. The Balaban J connectivity index is 3.04. The summed E-state index contributed by atoms with van der Waals surface area (Å²) in [6.07, 6.45) is 0.932. The number of rotatable bonds is 3. The van der Waals surface area contributed by atoms with Gasteiger partial charge in [-0.2, -0.15) is 0 Å². The minimum atomic E-state index is 0.339. The molecular formula is C11H16BrNO. The molecule has 0 spiro atoms. The van der Waals surface area contributed by atoms with Gasteiger partial charge in [0.05, 0.1) is 4.47 Å². The van der Waals surface area contributed by atoms with Crippen LogP contribution in [0.15, 0.2) is 16.6 Å². The summed E-state index contributed by atoms with van der Waals surface area (Å²) in [7, 11) is 0. The van der Waals surface area contributed by atoms with Crippen molar-refractivity contribution < 1.29 is 5.11 Å². The monoisotopic (exact) mass is 257 g/mol. The van der Waals surface area contributed by atoms with Crippen LogP contribution in [0.25, 0.3) is 0 Å². The van der Waals surface area contributed by atoms with Crippen molar-refractivity contribution in [3.63, 3.8) is 0 Å². The van der Waals surface area contributed by atoms with E-state index in [2.05, 4.69) is 22.9 Å². The third-order valence-corrected chi connectivity index (χ3v) is 3.31. The molecule has 0 saturated heterocycles. The van der Waals surface area contributed by atoms with Crippen LogP contribution in [0.1, 0.15) is 30.4 Å². The molecule has 1 aromatic carbocycles. The van der Waals surface area contributed by atoms with Crippen LogP contribution in [-0.4, -0.2) is 11.7 Å². The lowest BCUT2D eigenvalue weighted by atomic mass is 9.96. The second-order valence-electron chi connectivity index (χ2n) is 3.61. The number of benzene rings is 1. The molecule has 3 N–H and O–H groups in total. The Morgan fingerprint density at radius 1 is 1.50 bits per heavy atom. The number of hydrogen-bond donors (Lipinski definition) is 2. The Morgan fingerprint density at radius 3 is 2.71 bits per heavy atom. The molecule has 1 atom stereocenters. The first-order valence-electron chi connectivity index (χ1n) is 4.76. The lowest BCUT2D eigenvalue weighted by Crippen LogP contribution is -2.05. The van der Waals surface area contributed by atoms with Crippen molar-refractivity contribution in [3.05, 3.63) is 27.7 Å². The third kappa shape index (κ3) is 2.28. The topological polar surface area (TPSA) is 46.2 Å². The van der Waals surface area contributed by atoms with E-state index >= 15 is 0 Å². The Labute approximate surface area is 93.3 Å². The fraction of sp³-hybridized carbons (Fsp3) is 0.455. The zero-order chi connectivity index (χ0) is 10.7. The predicted molar refractivity (Wildman–Crippen MR) is 62.6 cm³/mol. The molecular weight excluding hydrogens is 242 g/mol. The average Bonchev–Trinajstić information content (AvgIpc) is 2.15. The second kappa shape index (κ2) is 4.80. The van der Waals surface area contributed by atoms with Gasteiger partial charge in [0.25, 0.3) is 0 Å². The zero-order valence-electron chi connectivity index (χ0n) is 8.55. The van der Waals surface area contributed by atoms with Crippen LogP contribution in [-0.2, 0) is 0 Å². The van der Waals surface area contributed by atoms with Crippen molar-refractivity contribution in [1.29, 1.82) is 0 Å². The molecule has 1 rings (SSSR count). The molecule has 0 aliphatic heterocycles. The molecule has 14 heavy (non-hydrogen) atoms. The van der Waals surface area contributed by atoms with Gasteiger partial charge in [0.15, 0.2) is 0 Å². The van der Waals surface area contributed by atoms with E-state index < -0.39 is 0 Å². The van der Waals surface area contributed by atoms with E-state index in [0.717, 1.165) is 22.0 Å². The summed E-state index contributed by atoms with van der Waals surface area (Å²) in [5.41, 5.74) is 7.52. The Morgan fingerprint density at radius 2 is 2.14 bits per heavy atom. The van der Waals surface area contributed by atoms with Gasteiger partial charge < -0.3 is 10.8 Å². The summed E-state index contributed by atoms with van der Waals surface area (Å²) in [4.78, 5) is 0. The first-order valence-corrected chi connectivity index (χ1v) is 5.55. The summed E-state index contributed by atoms with van der Waals surface area (Å²) in [6, 6.07) is 3.97. The Bertz CT molecular complexity index is 325. The molecule has 1 aromatic rings. The van der Waals surface area contributed by atoms with Crippen LogP contribution in [0.3, 0.4) is 0 Å². The van der Waals surface area contributed by atoms with Crippen LogP contribution in [0.5, 0.6) is 5.75 Å². The Kier molecular flexibility index (Phi) is 3.96. The van der Waals surface area contributed by atoms with Crippen LogP contribution in [0.4, 0.5) is 0 Å². The number of nitrogens with two attached hydrogens (primary N) is 1. The lowest BCUT2D eigenvalue weighted by molar-refractivity contribution is 0.465. The number of phenols is 1. The first-order chi connectivity index (χ1) is 6.57. The second-order valence-corrected chi connectivity index (χ2v) is 4.41. The molecule has 2 nitrogen and oxygen atoms in total. The summed E-state index contributed by atoms with van der Waals surface area (Å²) in [6.45, 7) is 4.67. The van der Waals surface area contributed by atoms with E-state index in [1.165, 1.54) is 0 Å². The highest BCUT2D eigenvalue weighted by Crippen LogP contribution is 2.35. The molecule has 0 saturated carbocycles. The fourth-order valence-corrected chi connectivity index (χ4v) is 2.30. The van der Waals surface area contributed by atoms with Crippen LogP contribution in [0.2, 0.25) is 0 Å². The molecule has 78 valence electrons. The van der Waals surface area contributed by atoms with E-state index in [0.29, 0.717) is 18.2 Å². The van der Waals surface area contributed by atoms with Crippen molar-refractivity contribution in [3.8, 4) is 5.75 Å². The molecule has 0 heterocycles. The van der Waals surface area contributed by atoms with Gasteiger partial charge in [0.1, 0.15) is 5.75 Å². The maximum atomic E-state index is 9.73. The maximum Gasteiger partial charge on any atom is 0.132 e. The zero-order valence-corrected chi connectivity index (χ0v) is 10.1.